The number of nitrogens with zero attached hydrogens (tertiary/aromatic N) is 2. The molecule has 9 heteroatoms. The zero-order chi connectivity index (χ0) is 22.4. The molecule has 3 unspecified atom stereocenters. The van der Waals surface area contributed by atoms with Crippen molar-refractivity contribution in [1.29, 1.82) is 0 Å². The summed E-state index contributed by atoms with van der Waals surface area (Å²) >= 11 is 0. The Morgan fingerprint density at radius 1 is 1.19 bits per heavy atom. The fourth-order valence-corrected chi connectivity index (χ4v) is 4.01. The Morgan fingerprint density at radius 3 is 2.61 bits per heavy atom. The zero-order valence-electron chi connectivity index (χ0n) is 18.1. The number of hydrogen-bond donors (Lipinski definition) is 1. The maximum Gasteiger partial charge on any atom is 0.419 e. The fraction of sp³-hybridized carbons (Fsp3) is 0.682. The molecular formula is C22H31F4N3O2. The maximum absolute atomic E-state index is 13.6. The highest BCUT2D eigenvalue weighted by molar-refractivity contribution is 5.99. The quantitative estimate of drug-likeness (QED) is 0.402. The summed E-state index contributed by atoms with van der Waals surface area (Å²) in [6.07, 6.45) is 0.364. The molecule has 0 bridgehead atoms. The van der Waals surface area contributed by atoms with Crippen molar-refractivity contribution in [3.05, 3.63) is 29.3 Å². The third-order valence-corrected chi connectivity index (χ3v) is 5.75. The van der Waals surface area contributed by atoms with Gasteiger partial charge in [-0.2, -0.15) is 13.2 Å². The van der Waals surface area contributed by atoms with Crippen molar-refractivity contribution in [2.24, 2.45) is 5.16 Å². The van der Waals surface area contributed by atoms with Crippen LogP contribution in [0.2, 0.25) is 0 Å². The van der Waals surface area contributed by atoms with Crippen LogP contribution in [0.4, 0.5) is 17.6 Å². The van der Waals surface area contributed by atoms with Crippen molar-refractivity contribution in [3.8, 4) is 5.75 Å². The van der Waals surface area contributed by atoms with Gasteiger partial charge in [-0.25, -0.2) is 4.39 Å². The van der Waals surface area contributed by atoms with Gasteiger partial charge in [-0.05, 0) is 31.7 Å². The van der Waals surface area contributed by atoms with Gasteiger partial charge in [-0.3, -0.25) is 4.90 Å². The molecule has 3 rings (SSSR count). The van der Waals surface area contributed by atoms with Crippen LogP contribution in [0.25, 0.3) is 0 Å². The first-order valence-electron chi connectivity index (χ1n) is 11.0. The number of likely N-dealkylation sites (N-methyl/N-ethyl adjacent to an activating group) is 1. The minimum atomic E-state index is -4.56. The van der Waals surface area contributed by atoms with Crippen molar-refractivity contribution in [1.82, 2.24) is 10.2 Å². The zero-order valence-corrected chi connectivity index (χ0v) is 18.1. The Hall–Kier alpha value is -2.03. The molecule has 5 nitrogen and oxygen atoms in total. The standard InChI is InChI=1S/C22H31F4N3O2/c1-3-4-5-6-7-8-11-30-19-10-9-15(12-17(19)22(24,25)26)20-27-21(31-28-20)18-13-16(23)14-29(18)2/h9-10,12,16,18,21H,3-8,11,13-14H2,1-2H3,(H,27,28). The largest absolute Gasteiger partial charge is 0.493 e. The molecule has 1 aromatic rings. The summed E-state index contributed by atoms with van der Waals surface area (Å²) in [6.45, 7) is 2.68. The number of nitrogens with one attached hydrogen (secondary N) is 1. The molecule has 3 atom stereocenters. The van der Waals surface area contributed by atoms with Crippen LogP contribution in [-0.4, -0.2) is 49.4 Å². The van der Waals surface area contributed by atoms with E-state index in [0.29, 0.717) is 6.54 Å². The third kappa shape index (κ3) is 6.24. The summed E-state index contributed by atoms with van der Waals surface area (Å²) in [7, 11) is 1.78. The molecule has 0 aromatic heterocycles. The molecule has 31 heavy (non-hydrogen) atoms. The van der Waals surface area contributed by atoms with Gasteiger partial charge in [0.15, 0.2) is 5.84 Å². The van der Waals surface area contributed by atoms with Crippen LogP contribution >= 0.6 is 0 Å². The molecule has 1 N–H and O–H groups in total. The topological polar surface area (TPSA) is 46.1 Å². The molecule has 2 aliphatic rings. The van der Waals surface area contributed by atoms with Gasteiger partial charge >= 0.3 is 6.18 Å². The van der Waals surface area contributed by atoms with Crippen molar-refractivity contribution in [2.75, 3.05) is 20.2 Å². The molecule has 2 heterocycles. The van der Waals surface area contributed by atoms with Crippen LogP contribution < -0.4 is 10.1 Å². The van der Waals surface area contributed by atoms with Crippen molar-refractivity contribution in [3.63, 3.8) is 0 Å². The number of benzene rings is 1. The monoisotopic (exact) mass is 445 g/mol. The predicted molar refractivity (Wildman–Crippen MR) is 111 cm³/mol. The summed E-state index contributed by atoms with van der Waals surface area (Å²) in [5, 5.41) is 6.89. The van der Waals surface area contributed by atoms with Crippen LogP contribution in [0, 0.1) is 0 Å². The van der Waals surface area contributed by atoms with E-state index in [4.69, 9.17) is 9.57 Å². The van der Waals surface area contributed by atoms with Crippen molar-refractivity contribution >= 4 is 5.84 Å². The van der Waals surface area contributed by atoms with E-state index in [0.717, 1.165) is 38.2 Å². The van der Waals surface area contributed by atoms with Gasteiger partial charge in [0.1, 0.15) is 11.9 Å². The second-order valence-electron chi connectivity index (χ2n) is 8.28. The normalized spacial score (nSPS) is 24.1. The van der Waals surface area contributed by atoms with E-state index in [1.54, 1.807) is 7.05 Å². The molecule has 0 saturated carbocycles. The highest BCUT2D eigenvalue weighted by Gasteiger charge is 2.40. The molecule has 0 spiro atoms. The highest BCUT2D eigenvalue weighted by Crippen LogP contribution is 2.37. The Bertz CT molecular complexity index is 757. The number of rotatable bonds is 10. The van der Waals surface area contributed by atoms with Gasteiger partial charge in [-0.1, -0.05) is 44.2 Å². The van der Waals surface area contributed by atoms with Crippen LogP contribution in [0.15, 0.2) is 23.4 Å². The average Bonchev–Trinajstić information content (AvgIpc) is 3.32. The van der Waals surface area contributed by atoms with E-state index < -0.39 is 24.1 Å². The number of alkyl halides is 4. The number of amidine groups is 1. The Labute approximate surface area is 180 Å². The van der Waals surface area contributed by atoms with E-state index in [9.17, 15) is 17.6 Å². The molecule has 0 radical (unpaired) electrons. The van der Waals surface area contributed by atoms with Crippen LogP contribution in [0.1, 0.15) is 63.0 Å². The lowest BCUT2D eigenvalue weighted by atomic mass is 10.1. The SMILES string of the molecule is CCCCCCCCOc1ccc(C2=NOC(C3CC(F)CN3C)N2)cc1C(F)(F)F. The molecule has 0 amide bonds. The maximum atomic E-state index is 13.6. The first kappa shape index (κ1) is 23.6. The van der Waals surface area contributed by atoms with Crippen LogP contribution in [0.3, 0.4) is 0 Å². The first-order valence-corrected chi connectivity index (χ1v) is 11.0. The highest BCUT2D eigenvalue weighted by atomic mass is 19.4. The summed E-state index contributed by atoms with van der Waals surface area (Å²) in [4.78, 5) is 7.17. The fourth-order valence-electron chi connectivity index (χ4n) is 4.01. The lowest BCUT2D eigenvalue weighted by Gasteiger charge is -2.23. The lowest BCUT2D eigenvalue weighted by molar-refractivity contribution is -0.139. The number of ether oxygens (including phenoxy) is 1. The molecule has 174 valence electrons. The molecular weight excluding hydrogens is 414 g/mol. The van der Waals surface area contributed by atoms with Gasteiger partial charge in [-0.15, -0.1) is 0 Å². The van der Waals surface area contributed by atoms with E-state index in [1.807, 2.05) is 4.90 Å². The molecule has 1 aromatic carbocycles. The second kappa shape index (κ2) is 10.5. The smallest absolute Gasteiger partial charge is 0.419 e. The number of oxime groups is 1. The number of hydrogen-bond acceptors (Lipinski definition) is 5. The minimum Gasteiger partial charge on any atom is -0.493 e. The van der Waals surface area contributed by atoms with E-state index in [1.165, 1.54) is 18.6 Å². The van der Waals surface area contributed by atoms with Crippen LogP contribution in [-0.2, 0) is 11.0 Å². The number of unbranched alkanes of at least 4 members (excludes halogenated alkanes) is 5. The number of halogens is 4. The lowest BCUT2D eigenvalue weighted by Crippen LogP contribution is -2.45. The minimum absolute atomic E-state index is 0.184. The predicted octanol–water partition coefficient (Wildman–Crippen LogP) is 5.09. The molecule has 2 aliphatic heterocycles. The van der Waals surface area contributed by atoms with Crippen LogP contribution in [0.5, 0.6) is 5.75 Å². The molecule has 1 saturated heterocycles. The van der Waals surface area contributed by atoms with Crippen molar-refractivity contribution in [2.45, 2.75) is 76.5 Å². The Kier molecular flexibility index (Phi) is 8.02. The first-order chi connectivity index (χ1) is 14.8. The van der Waals surface area contributed by atoms with E-state index >= 15 is 0 Å². The van der Waals surface area contributed by atoms with Crippen molar-refractivity contribution < 1.29 is 27.1 Å². The average molecular weight is 446 g/mol. The Morgan fingerprint density at radius 2 is 1.94 bits per heavy atom. The Balaban J connectivity index is 1.61. The van der Waals surface area contributed by atoms with Gasteiger partial charge in [0.25, 0.3) is 0 Å². The third-order valence-electron chi connectivity index (χ3n) is 5.75. The summed E-state index contributed by atoms with van der Waals surface area (Å²) in [5.74, 6) is 0.0188. The number of likely N-dealkylation sites (tertiary alicyclic amines) is 1. The van der Waals surface area contributed by atoms with Gasteiger partial charge in [0.2, 0.25) is 6.23 Å². The summed E-state index contributed by atoms with van der Waals surface area (Å²) in [5.41, 5.74) is -0.593. The summed E-state index contributed by atoms with van der Waals surface area (Å²) < 4.78 is 60.0. The van der Waals surface area contributed by atoms with Gasteiger partial charge in [0, 0.05) is 18.5 Å². The van der Waals surface area contributed by atoms with E-state index in [2.05, 4.69) is 17.4 Å². The van der Waals surface area contributed by atoms with E-state index in [-0.39, 0.29) is 36.2 Å². The molecule has 0 aliphatic carbocycles. The summed E-state index contributed by atoms with van der Waals surface area (Å²) in [6, 6.07) is 3.63. The van der Waals surface area contributed by atoms with Gasteiger partial charge in [0.05, 0.1) is 18.2 Å². The molecule has 1 fully saturated rings. The van der Waals surface area contributed by atoms with Gasteiger partial charge < -0.3 is 14.9 Å². The second-order valence-corrected chi connectivity index (χ2v) is 8.28.